The Balaban J connectivity index is 1.97. The molecule has 3 rings (SSSR count). The van der Waals surface area contributed by atoms with Gasteiger partial charge in [-0.2, -0.15) is 0 Å². The average Bonchev–Trinajstić information content (AvgIpc) is 2.83. The predicted octanol–water partition coefficient (Wildman–Crippen LogP) is 4.36. The first-order valence-corrected chi connectivity index (χ1v) is 8.47. The van der Waals surface area contributed by atoms with Gasteiger partial charge in [0.25, 0.3) is 5.56 Å². The summed E-state index contributed by atoms with van der Waals surface area (Å²) < 4.78 is 3.53. The molecule has 3 aromatic rings. The van der Waals surface area contributed by atoms with Crippen molar-refractivity contribution in [3.63, 3.8) is 0 Å². The zero-order valence-corrected chi connectivity index (χ0v) is 15.1. The molecule has 0 aliphatic carbocycles. The van der Waals surface area contributed by atoms with Crippen molar-refractivity contribution in [3.05, 3.63) is 81.8 Å². The van der Waals surface area contributed by atoms with E-state index in [0.717, 1.165) is 17.1 Å². The Bertz CT molecular complexity index is 945. The number of hydrogen-bond acceptors (Lipinski definition) is 2. The fourth-order valence-corrected chi connectivity index (χ4v) is 2.82. The molecule has 0 fully saturated rings. The van der Waals surface area contributed by atoms with Crippen molar-refractivity contribution in [2.45, 2.75) is 26.7 Å². The Morgan fingerprint density at radius 2 is 1.64 bits per heavy atom. The summed E-state index contributed by atoms with van der Waals surface area (Å²) in [4.78, 5) is 17.3. The molecule has 1 aromatic heterocycles. The van der Waals surface area contributed by atoms with E-state index >= 15 is 0 Å². The third-order valence-electron chi connectivity index (χ3n) is 4.50. The molecular weight excluding hydrogens is 310 g/mol. The van der Waals surface area contributed by atoms with Crippen LogP contribution < -0.4 is 5.56 Å². The Morgan fingerprint density at radius 3 is 2.24 bits per heavy atom. The lowest BCUT2D eigenvalue weighted by Gasteiger charge is -2.07. The Hall–Kier alpha value is -2.88. The van der Waals surface area contributed by atoms with Gasteiger partial charge in [0.1, 0.15) is 0 Å². The molecule has 4 nitrogen and oxygen atoms in total. The van der Waals surface area contributed by atoms with Gasteiger partial charge < -0.3 is 0 Å². The maximum Gasteiger partial charge on any atom is 0.280 e. The zero-order chi connectivity index (χ0) is 18.0. The lowest BCUT2D eigenvalue weighted by Crippen LogP contribution is -2.20. The summed E-state index contributed by atoms with van der Waals surface area (Å²) in [5.41, 5.74) is 4.41. The number of nitrogens with zero attached hydrogens (tertiary/aromatic N) is 3. The van der Waals surface area contributed by atoms with Gasteiger partial charge in [0, 0.05) is 19.0 Å². The second kappa shape index (κ2) is 6.93. The van der Waals surface area contributed by atoms with Gasteiger partial charge in [0.15, 0.2) is 0 Å². The van der Waals surface area contributed by atoms with Crippen molar-refractivity contribution in [1.29, 1.82) is 0 Å². The van der Waals surface area contributed by atoms with E-state index in [0.29, 0.717) is 11.5 Å². The molecule has 25 heavy (non-hydrogen) atoms. The van der Waals surface area contributed by atoms with Gasteiger partial charge in [-0.05, 0) is 42.7 Å². The van der Waals surface area contributed by atoms with E-state index in [2.05, 4.69) is 31.0 Å². The number of benzene rings is 2. The van der Waals surface area contributed by atoms with Crippen LogP contribution in [0, 0.1) is 6.92 Å². The first kappa shape index (κ1) is 17.0. The summed E-state index contributed by atoms with van der Waals surface area (Å²) in [6, 6.07) is 17.8. The molecule has 0 spiro atoms. The van der Waals surface area contributed by atoms with E-state index in [-0.39, 0.29) is 5.56 Å². The van der Waals surface area contributed by atoms with Crippen LogP contribution in [0.3, 0.4) is 0 Å². The van der Waals surface area contributed by atoms with Crippen LogP contribution in [0.2, 0.25) is 0 Å². The Morgan fingerprint density at radius 1 is 1.00 bits per heavy atom. The molecule has 0 bridgehead atoms. The number of hydrogen-bond donors (Lipinski definition) is 0. The highest BCUT2D eigenvalue weighted by atomic mass is 16.1. The fraction of sp³-hybridized carbons (Fsp3) is 0.238. The van der Waals surface area contributed by atoms with Crippen molar-refractivity contribution in [2.24, 2.45) is 12.0 Å². The normalized spacial score (nSPS) is 11.6. The van der Waals surface area contributed by atoms with Crippen molar-refractivity contribution >= 4 is 11.9 Å². The van der Waals surface area contributed by atoms with E-state index in [1.54, 1.807) is 10.9 Å². The van der Waals surface area contributed by atoms with Gasteiger partial charge in [0.05, 0.1) is 16.9 Å². The van der Waals surface area contributed by atoms with Crippen molar-refractivity contribution in [2.75, 3.05) is 0 Å². The van der Waals surface area contributed by atoms with Gasteiger partial charge in [-0.3, -0.25) is 14.5 Å². The number of aromatic nitrogens is 2. The highest BCUT2D eigenvalue weighted by molar-refractivity contribution is 5.83. The highest BCUT2D eigenvalue weighted by Gasteiger charge is 2.14. The Kier molecular flexibility index (Phi) is 4.70. The summed E-state index contributed by atoms with van der Waals surface area (Å²) in [5.74, 6) is 0.493. The zero-order valence-electron chi connectivity index (χ0n) is 15.1. The van der Waals surface area contributed by atoms with Gasteiger partial charge in [-0.1, -0.05) is 44.2 Å². The second-order valence-corrected chi connectivity index (χ2v) is 6.48. The molecule has 0 saturated heterocycles. The topological polar surface area (TPSA) is 39.3 Å². The van der Waals surface area contributed by atoms with E-state index in [9.17, 15) is 4.79 Å². The van der Waals surface area contributed by atoms with Crippen LogP contribution >= 0.6 is 0 Å². The maximum atomic E-state index is 12.8. The van der Waals surface area contributed by atoms with Gasteiger partial charge in [-0.15, -0.1) is 0 Å². The van der Waals surface area contributed by atoms with Crippen molar-refractivity contribution in [1.82, 2.24) is 9.36 Å². The molecular formula is C21H23N3O. The van der Waals surface area contributed by atoms with E-state index < -0.39 is 0 Å². The van der Waals surface area contributed by atoms with E-state index in [4.69, 9.17) is 0 Å². The van der Waals surface area contributed by atoms with Gasteiger partial charge >= 0.3 is 0 Å². The van der Waals surface area contributed by atoms with Crippen molar-refractivity contribution < 1.29 is 0 Å². The van der Waals surface area contributed by atoms with Crippen LogP contribution in [0.1, 0.15) is 36.6 Å². The SMILES string of the molecule is Cc1c(C=Nc2ccc(C(C)C)cc2)c(=O)n(-c2ccccc2)n1C. The Labute approximate surface area is 148 Å². The first-order valence-electron chi connectivity index (χ1n) is 8.47. The number of rotatable bonds is 4. The van der Waals surface area contributed by atoms with Gasteiger partial charge in [-0.25, -0.2) is 4.68 Å². The third kappa shape index (κ3) is 3.33. The predicted molar refractivity (Wildman–Crippen MR) is 104 cm³/mol. The number of aliphatic imine (C=N–C) groups is 1. The average molecular weight is 333 g/mol. The molecule has 4 heteroatoms. The second-order valence-electron chi connectivity index (χ2n) is 6.48. The lowest BCUT2D eigenvalue weighted by atomic mass is 10.0. The minimum absolute atomic E-state index is 0.0613. The molecule has 0 saturated carbocycles. The molecule has 0 atom stereocenters. The molecule has 0 aliphatic rings. The quantitative estimate of drug-likeness (QED) is 0.654. The third-order valence-corrected chi connectivity index (χ3v) is 4.50. The molecule has 128 valence electrons. The highest BCUT2D eigenvalue weighted by Crippen LogP contribution is 2.19. The molecule has 0 aliphatic heterocycles. The van der Waals surface area contributed by atoms with E-state index in [1.165, 1.54) is 5.56 Å². The number of para-hydroxylation sites is 1. The van der Waals surface area contributed by atoms with Gasteiger partial charge in [0.2, 0.25) is 0 Å². The van der Waals surface area contributed by atoms with Crippen LogP contribution in [0.15, 0.2) is 64.4 Å². The first-order chi connectivity index (χ1) is 12.0. The molecule has 1 heterocycles. The summed E-state index contributed by atoms with van der Waals surface area (Å²) in [7, 11) is 1.89. The molecule has 0 amide bonds. The molecule has 0 radical (unpaired) electrons. The largest absolute Gasteiger partial charge is 0.285 e. The minimum atomic E-state index is -0.0613. The summed E-state index contributed by atoms with van der Waals surface area (Å²) in [6.07, 6.45) is 1.67. The smallest absolute Gasteiger partial charge is 0.280 e. The summed E-state index contributed by atoms with van der Waals surface area (Å²) >= 11 is 0. The molecule has 0 N–H and O–H groups in total. The van der Waals surface area contributed by atoms with Crippen molar-refractivity contribution in [3.8, 4) is 5.69 Å². The fourth-order valence-electron chi connectivity index (χ4n) is 2.82. The summed E-state index contributed by atoms with van der Waals surface area (Å²) in [6.45, 7) is 6.26. The summed E-state index contributed by atoms with van der Waals surface area (Å²) in [5, 5.41) is 0. The van der Waals surface area contributed by atoms with Crippen LogP contribution in [0.25, 0.3) is 5.69 Å². The standard InChI is InChI=1S/C21H23N3O/c1-15(2)17-10-12-18(13-11-17)22-14-20-16(3)23(4)24(21(20)25)19-8-6-5-7-9-19/h5-15H,1-4H3. The maximum absolute atomic E-state index is 12.8. The lowest BCUT2D eigenvalue weighted by molar-refractivity contribution is 0.630. The molecule has 2 aromatic carbocycles. The van der Waals surface area contributed by atoms with Crippen LogP contribution in [-0.2, 0) is 7.05 Å². The van der Waals surface area contributed by atoms with E-state index in [1.807, 2.05) is 61.1 Å². The monoisotopic (exact) mass is 333 g/mol. The van der Waals surface area contributed by atoms with Crippen LogP contribution in [0.5, 0.6) is 0 Å². The van der Waals surface area contributed by atoms with Crippen LogP contribution in [-0.4, -0.2) is 15.6 Å². The van der Waals surface area contributed by atoms with Crippen LogP contribution in [0.4, 0.5) is 5.69 Å². The molecule has 0 unspecified atom stereocenters. The minimum Gasteiger partial charge on any atom is -0.285 e.